The summed E-state index contributed by atoms with van der Waals surface area (Å²) >= 11 is 6.11. The third kappa shape index (κ3) is 8.49. The van der Waals surface area contributed by atoms with E-state index in [1.807, 2.05) is 29.2 Å². The minimum absolute atomic E-state index is 0.0319. The van der Waals surface area contributed by atoms with E-state index in [-0.39, 0.29) is 11.9 Å². The minimum atomic E-state index is -1.32. The van der Waals surface area contributed by atoms with E-state index in [0.29, 0.717) is 48.5 Å². The van der Waals surface area contributed by atoms with Crippen LogP contribution in [-0.2, 0) is 12.8 Å². The van der Waals surface area contributed by atoms with Crippen LogP contribution in [0.1, 0.15) is 54.7 Å². The summed E-state index contributed by atoms with van der Waals surface area (Å²) in [6.07, 6.45) is 5.29. The summed E-state index contributed by atoms with van der Waals surface area (Å²) < 4.78 is 0. The van der Waals surface area contributed by atoms with Gasteiger partial charge in [-0.2, -0.15) is 0 Å². The number of aromatic nitrogens is 2. The summed E-state index contributed by atoms with van der Waals surface area (Å²) in [7, 11) is 0. The van der Waals surface area contributed by atoms with Crippen molar-refractivity contribution >= 4 is 23.2 Å². The van der Waals surface area contributed by atoms with Gasteiger partial charge >= 0.3 is 0 Å². The van der Waals surface area contributed by atoms with Gasteiger partial charge in [-0.15, -0.1) is 0 Å². The molecule has 1 aliphatic rings. The molecule has 2 heterocycles. The van der Waals surface area contributed by atoms with Crippen molar-refractivity contribution in [2.24, 2.45) is 0 Å². The second kappa shape index (κ2) is 14.9. The number of benzene rings is 2. The number of anilines is 1. The van der Waals surface area contributed by atoms with Crippen LogP contribution in [0.15, 0.2) is 79.1 Å². The quantitative estimate of drug-likeness (QED) is 0.246. The van der Waals surface area contributed by atoms with Crippen molar-refractivity contribution in [3.05, 3.63) is 101 Å². The molecule has 0 spiro atoms. The van der Waals surface area contributed by atoms with Gasteiger partial charge in [-0.25, -0.2) is 0 Å². The molecule has 1 amide bonds. The SMILES string of the molecule is CCc1ccc(N2CCN(C(=O)c3cccnc(-c4ccc(Cl)cc4)c(CCCCC(O)O)ncc3)C(C)C2)cc1. The number of carbonyl (C=O) groups is 1. The Morgan fingerprint density at radius 3 is 2.41 bits per heavy atom. The van der Waals surface area contributed by atoms with E-state index in [1.165, 1.54) is 11.3 Å². The Morgan fingerprint density at radius 2 is 1.73 bits per heavy atom. The van der Waals surface area contributed by atoms with Gasteiger partial charge in [-0.05, 0) is 87.1 Å². The Hall–Kier alpha value is -3.52. The average Bonchev–Trinajstić information content (AvgIpc) is 2.98. The lowest BCUT2D eigenvalue weighted by Gasteiger charge is -2.41. The molecule has 1 aromatic heterocycles. The van der Waals surface area contributed by atoms with Crippen molar-refractivity contribution in [1.29, 1.82) is 0 Å². The Morgan fingerprint density at radius 1 is 0.976 bits per heavy atom. The summed E-state index contributed by atoms with van der Waals surface area (Å²) in [5, 5.41) is 19.1. The molecule has 4 rings (SSSR count). The monoisotopic (exact) mass is 574 g/mol. The number of hydrogen-bond donors (Lipinski definition) is 2. The van der Waals surface area contributed by atoms with Crippen LogP contribution < -0.4 is 4.90 Å². The number of nitrogens with zero attached hydrogens (tertiary/aromatic N) is 4. The maximum Gasteiger partial charge on any atom is 0.254 e. The summed E-state index contributed by atoms with van der Waals surface area (Å²) in [6.45, 7) is 6.42. The number of piperazine rings is 1. The number of carbonyl (C=O) groups excluding carboxylic acids is 1. The first kappa shape index (κ1) is 30.4. The van der Waals surface area contributed by atoms with E-state index >= 15 is 0 Å². The normalized spacial score (nSPS) is 15.1. The van der Waals surface area contributed by atoms with E-state index in [2.05, 4.69) is 43.0 Å². The van der Waals surface area contributed by atoms with E-state index in [9.17, 15) is 15.0 Å². The molecule has 0 bridgehead atoms. The van der Waals surface area contributed by atoms with E-state index < -0.39 is 6.29 Å². The molecule has 2 aromatic carbocycles. The van der Waals surface area contributed by atoms with Gasteiger partial charge in [-0.3, -0.25) is 14.8 Å². The van der Waals surface area contributed by atoms with Crippen LogP contribution in [0.4, 0.5) is 5.69 Å². The molecule has 2 N–H and O–H groups in total. The molecule has 7 nitrogen and oxygen atoms in total. The number of halogens is 1. The van der Waals surface area contributed by atoms with Gasteiger partial charge in [0.1, 0.15) is 0 Å². The van der Waals surface area contributed by atoms with Crippen molar-refractivity contribution < 1.29 is 15.0 Å². The zero-order valence-electron chi connectivity index (χ0n) is 23.8. The minimum Gasteiger partial charge on any atom is -0.368 e. The van der Waals surface area contributed by atoms with Crippen molar-refractivity contribution in [3.63, 3.8) is 0 Å². The smallest absolute Gasteiger partial charge is 0.254 e. The molecule has 41 heavy (non-hydrogen) atoms. The third-order valence-corrected chi connectivity index (χ3v) is 7.66. The Balaban J connectivity index is 1.55. The third-order valence-electron chi connectivity index (χ3n) is 7.41. The first-order valence-electron chi connectivity index (χ1n) is 14.3. The number of aliphatic hydroxyl groups excluding tert-OH is 1. The van der Waals surface area contributed by atoms with Crippen molar-refractivity contribution in [3.8, 4) is 11.3 Å². The molecule has 1 atom stereocenters. The van der Waals surface area contributed by atoms with E-state index in [0.717, 1.165) is 30.8 Å². The molecule has 1 unspecified atom stereocenters. The van der Waals surface area contributed by atoms with Gasteiger partial charge in [0, 0.05) is 59.9 Å². The maximum absolute atomic E-state index is 13.6. The first-order chi connectivity index (χ1) is 19.9. The largest absolute Gasteiger partial charge is 0.368 e. The van der Waals surface area contributed by atoms with Crippen LogP contribution in [-0.4, -0.2) is 63.0 Å². The highest BCUT2D eigenvalue weighted by atomic mass is 35.5. The van der Waals surface area contributed by atoms with Crippen LogP contribution in [0.5, 0.6) is 0 Å². The molecule has 1 saturated heterocycles. The Bertz CT molecular complexity index is 1350. The summed E-state index contributed by atoms with van der Waals surface area (Å²) in [6, 6.07) is 21.5. The first-order valence-corrected chi connectivity index (χ1v) is 14.7. The molecular weight excluding hydrogens is 536 g/mol. The van der Waals surface area contributed by atoms with Crippen LogP contribution >= 0.6 is 11.6 Å². The van der Waals surface area contributed by atoms with Crippen LogP contribution in [0.2, 0.25) is 5.02 Å². The average molecular weight is 575 g/mol. The zero-order valence-corrected chi connectivity index (χ0v) is 24.5. The topological polar surface area (TPSA) is 89.8 Å². The van der Waals surface area contributed by atoms with Crippen LogP contribution in [0.3, 0.4) is 0 Å². The van der Waals surface area contributed by atoms with Crippen molar-refractivity contribution in [1.82, 2.24) is 14.9 Å². The molecule has 216 valence electrons. The highest BCUT2D eigenvalue weighted by molar-refractivity contribution is 6.30. The predicted octanol–water partition coefficient (Wildman–Crippen LogP) is 5.86. The van der Waals surface area contributed by atoms with Crippen molar-refractivity contribution in [2.75, 3.05) is 24.5 Å². The fraction of sp³-hybridized carbons (Fsp3) is 0.364. The Labute approximate surface area is 247 Å². The number of unbranched alkanes of at least 4 members (excludes halogenated alkanes) is 1. The highest BCUT2D eigenvalue weighted by Gasteiger charge is 2.28. The lowest BCUT2D eigenvalue weighted by atomic mass is 10.1. The number of hydrogen-bond acceptors (Lipinski definition) is 6. The van der Waals surface area contributed by atoms with E-state index in [4.69, 9.17) is 21.6 Å². The van der Waals surface area contributed by atoms with Gasteiger partial charge in [-0.1, -0.05) is 42.8 Å². The fourth-order valence-corrected chi connectivity index (χ4v) is 5.18. The van der Waals surface area contributed by atoms with Gasteiger partial charge < -0.3 is 20.0 Å². The van der Waals surface area contributed by atoms with Gasteiger partial charge in [0.2, 0.25) is 0 Å². The van der Waals surface area contributed by atoms with Gasteiger partial charge in [0.25, 0.3) is 5.91 Å². The number of rotatable bonds is 9. The number of amides is 1. The second-order valence-electron chi connectivity index (χ2n) is 10.4. The molecular formula is C33H39ClN4O3. The highest BCUT2D eigenvalue weighted by Crippen LogP contribution is 2.24. The second-order valence-corrected chi connectivity index (χ2v) is 10.8. The standard InChI is InChI=1S/C33H39ClN4O3/c1-3-25-10-16-29(17-11-25)37-21-22-38(24(2)23-37)33(41)27-7-6-19-36-32(26-12-14-28(34)15-13-26)30(35-20-18-27)8-4-5-9-31(39)40/h6-7,10-20,24,31,39-40H,3-5,8-9,21-23H2,1-2H3. The Kier molecular flexibility index (Phi) is 11.1. The lowest BCUT2D eigenvalue weighted by Crippen LogP contribution is -2.54. The molecule has 0 aliphatic carbocycles. The lowest BCUT2D eigenvalue weighted by molar-refractivity contribution is -0.0465. The van der Waals surface area contributed by atoms with Gasteiger partial charge in [0.05, 0.1) is 11.4 Å². The fourth-order valence-electron chi connectivity index (χ4n) is 5.06. The molecule has 8 heteroatoms. The van der Waals surface area contributed by atoms with Crippen molar-refractivity contribution in [2.45, 2.75) is 58.3 Å². The molecule has 1 fully saturated rings. The predicted molar refractivity (Wildman–Crippen MR) is 164 cm³/mol. The molecule has 0 radical (unpaired) electrons. The van der Waals surface area contributed by atoms with Gasteiger partial charge in [0.15, 0.2) is 6.29 Å². The molecule has 0 saturated carbocycles. The molecule has 3 aromatic rings. The van der Waals surface area contributed by atoms with Crippen LogP contribution in [0, 0.1) is 0 Å². The van der Waals surface area contributed by atoms with E-state index in [1.54, 1.807) is 30.6 Å². The van der Waals surface area contributed by atoms with Crippen LogP contribution in [0.25, 0.3) is 11.3 Å². The maximum atomic E-state index is 13.6. The zero-order chi connectivity index (χ0) is 29.2. The number of aliphatic hydroxyl groups is 2. The summed E-state index contributed by atoms with van der Waals surface area (Å²) in [5.41, 5.74) is 5.40. The molecule has 1 aliphatic heterocycles. The summed E-state index contributed by atoms with van der Waals surface area (Å²) in [4.78, 5) is 27.4. The summed E-state index contributed by atoms with van der Waals surface area (Å²) in [5.74, 6) is -0.0319. The number of aryl methyl sites for hydroxylation is 2.